The Morgan fingerprint density at radius 1 is 1.03 bits per heavy atom. The minimum Gasteiger partial charge on any atom is -0.378 e. The fourth-order valence-electron chi connectivity index (χ4n) is 3.78. The molecule has 0 saturated heterocycles. The number of nitrogens with zero attached hydrogens (tertiary/aromatic N) is 1. The summed E-state index contributed by atoms with van der Waals surface area (Å²) in [6.07, 6.45) is 2.50. The summed E-state index contributed by atoms with van der Waals surface area (Å²) in [7, 11) is 1.54. The molecule has 3 N–H and O–H groups in total. The van der Waals surface area contributed by atoms with E-state index in [9.17, 15) is 18.4 Å². The van der Waals surface area contributed by atoms with Gasteiger partial charge in [-0.15, -0.1) is 0 Å². The molecule has 0 radical (unpaired) electrons. The van der Waals surface area contributed by atoms with E-state index in [0.29, 0.717) is 29.7 Å². The number of methoxy groups -OCH3 is 1. The van der Waals surface area contributed by atoms with E-state index in [1.165, 1.54) is 7.11 Å². The van der Waals surface area contributed by atoms with E-state index >= 15 is 0 Å². The Balaban J connectivity index is 1.50. The number of H-pyrrole nitrogens is 2. The van der Waals surface area contributed by atoms with Crippen LogP contribution in [0.25, 0.3) is 0 Å². The zero-order valence-corrected chi connectivity index (χ0v) is 19.0. The molecule has 180 valence electrons. The van der Waals surface area contributed by atoms with Gasteiger partial charge in [-0.1, -0.05) is 30.3 Å². The van der Waals surface area contributed by atoms with Crippen LogP contribution < -0.4 is 10.9 Å². The largest absolute Gasteiger partial charge is 0.378 e. The van der Waals surface area contributed by atoms with Crippen molar-refractivity contribution in [3.05, 3.63) is 122 Å². The van der Waals surface area contributed by atoms with Crippen LogP contribution in [0.2, 0.25) is 0 Å². The predicted molar refractivity (Wildman–Crippen MR) is 126 cm³/mol. The second-order valence-electron chi connectivity index (χ2n) is 8.08. The van der Waals surface area contributed by atoms with Gasteiger partial charge >= 0.3 is 0 Å². The van der Waals surface area contributed by atoms with E-state index in [1.807, 2.05) is 24.3 Å². The number of amides is 1. The topological polar surface area (TPSA) is 99.9 Å². The van der Waals surface area contributed by atoms with Crippen molar-refractivity contribution in [3.8, 4) is 0 Å². The van der Waals surface area contributed by atoms with Crippen LogP contribution in [0.15, 0.2) is 65.6 Å². The maximum Gasteiger partial charge on any atom is 0.272 e. The summed E-state index contributed by atoms with van der Waals surface area (Å²) >= 11 is 0. The van der Waals surface area contributed by atoms with Gasteiger partial charge in [0.15, 0.2) is 5.69 Å². The van der Waals surface area contributed by atoms with Crippen LogP contribution in [-0.4, -0.2) is 28.2 Å². The Hall–Kier alpha value is -4.11. The van der Waals surface area contributed by atoms with E-state index in [2.05, 4.69) is 20.5 Å². The van der Waals surface area contributed by atoms with Gasteiger partial charge in [0.2, 0.25) is 0 Å². The van der Waals surface area contributed by atoms with Crippen molar-refractivity contribution in [1.29, 1.82) is 0 Å². The lowest BCUT2D eigenvalue weighted by molar-refractivity contribution is 0.0944. The number of carbonyl (C=O) groups is 1. The molecule has 0 unspecified atom stereocenters. The molecule has 2 heterocycles. The quantitative estimate of drug-likeness (QED) is 0.342. The third kappa shape index (κ3) is 5.88. The second kappa shape index (κ2) is 10.9. The van der Waals surface area contributed by atoms with Crippen LogP contribution in [0.3, 0.4) is 0 Å². The molecule has 4 rings (SSSR count). The number of nitrogens with one attached hydrogen (secondary N) is 3. The van der Waals surface area contributed by atoms with Crippen molar-refractivity contribution in [2.24, 2.45) is 0 Å². The number of carbonyl (C=O) groups excluding carboxylic acids is 1. The first-order chi connectivity index (χ1) is 16.9. The summed E-state index contributed by atoms with van der Waals surface area (Å²) in [4.78, 5) is 27.4. The van der Waals surface area contributed by atoms with Gasteiger partial charge in [-0.2, -0.15) is 5.10 Å². The fraction of sp³-hybridized carbons (Fsp3) is 0.192. The molecule has 0 saturated carbocycles. The zero-order chi connectivity index (χ0) is 24.8. The molecular weight excluding hydrogens is 454 g/mol. The smallest absolute Gasteiger partial charge is 0.272 e. The predicted octanol–water partition coefficient (Wildman–Crippen LogP) is 3.63. The molecule has 2 aromatic heterocycles. The molecule has 1 amide bonds. The minimum atomic E-state index is -0.605. The van der Waals surface area contributed by atoms with Gasteiger partial charge in [-0.05, 0) is 35.4 Å². The number of aromatic nitrogens is 3. The summed E-state index contributed by atoms with van der Waals surface area (Å²) in [5.74, 6) is -1.70. The Kier molecular flexibility index (Phi) is 7.47. The third-order valence-corrected chi connectivity index (χ3v) is 5.60. The highest BCUT2D eigenvalue weighted by molar-refractivity contribution is 5.94. The number of pyridine rings is 1. The summed E-state index contributed by atoms with van der Waals surface area (Å²) < 4.78 is 32.6. The van der Waals surface area contributed by atoms with Crippen LogP contribution in [0.1, 0.15) is 44.0 Å². The average Bonchev–Trinajstić information content (AvgIpc) is 3.24. The van der Waals surface area contributed by atoms with Gasteiger partial charge in [0.05, 0.1) is 12.3 Å². The maximum atomic E-state index is 13.9. The zero-order valence-electron chi connectivity index (χ0n) is 19.0. The second-order valence-corrected chi connectivity index (χ2v) is 8.08. The molecule has 9 heteroatoms. The van der Waals surface area contributed by atoms with Crippen LogP contribution in [0.5, 0.6) is 0 Å². The van der Waals surface area contributed by atoms with Crippen molar-refractivity contribution >= 4 is 5.91 Å². The van der Waals surface area contributed by atoms with Gasteiger partial charge in [0, 0.05) is 49.4 Å². The first-order valence-corrected chi connectivity index (χ1v) is 11.0. The standard InChI is InChI=1S/C26H24F2N4O3/c1-35-15-23-21(12-17-6-4-16(5-7-17)11-18-3-2-10-29-25(18)33)24(32-31-23)26(34)30-14-19-13-20(27)8-9-22(19)28/h2-10,13H,11-12,14-15H2,1H3,(H,29,33)(H,30,34)(H,31,32). The number of hydrogen-bond donors (Lipinski definition) is 3. The maximum absolute atomic E-state index is 13.9. The molecule has 0 fully saturated rings. The van der Waals surface area contributed by atoms with Crippen LogP contribution >= 0.6 is 0 Å². The molecule has 0 spiro atoms. The molecule has 2 aromatic carbocycles. The van der Waals surface area contributed by atoms with E-state index in [-0.39, 0.29) is 30.0 Å². The minimum absolute atomic E-state index is 0.0420. The van der Waals surface area contributed by atoms with Crippen molar-refractivity contribution in [3.63, 3.8) is 0 Å². The average molecular weight is 478 g/mol. The van der Waals surface area contributed by atoms with E-state index in [0.717, 1.165) is 29.3 Å². The van der Waals surface area contributed by atoms with Crippen LogP contribution in [-0.2, 0) is 30.7 Å². The van der Waals surface area contributed by atoms with Gasteiger partial charge in [0.1, 0.15) is 11.6 Å². The van der Waals surface area contributed by atoms with Crippen molar-refractivity contribution < 1.29 is 18.3 Å². The Bertz CT molecular complexity index is 1380. The number of benzene rings is 2. The fourth-order valence-corrected chi connectivity index (χ4v) is 3.78. The lowest BCUT2D eigenvalue weighted by atomic mass is 9.99. The summed E-state index contributed by atoms with van der Waals surface area (Å²) in [5.41, 5.74) is 3.96. The molecule has 0 aliphatic heterocycles. The molecule has 0 bridgehead atoms. The summed E-state index contributed by atoms with van der Waals surface area (Å²) in [6, 6.07) is 14.4. The van der Waals surface area contributed by atoms with Gasteiger partial charge in [0.25, 0.3) is 11.5 Å². The highest BCUT2D eigenvalue weighted by Crippen LogP contribution is 2.19. The number of aromatic amines is 2. The monoisotopic (exact) mass is 478 g/mol. The first-order valence-electron chi connectivity index (χ1n) is 11.0. The first kappa shape index (κ1) is 24.0. The molecule has 35 heavy (non-hydrogen) atoms. The normalized spacial score (nSPS) is 10.9. The van der Waals surface area contributed by atoms with Crippen LogP contribution in [0, 0.1) is 11.6 Å². The number of halogens is 2. The number of hydrogen-bond acceptors (Lipinski definition) is 4. The van der Waals surface area contributed by atoms with E-state index in [4.69, 9.17) is 4.74 Å². The van der Waals surface area contributed by atoms with E-state index in [1.54, 1.807) is 18.3 Å². The SMILES string of the molecule is COCc1[nH]nc(C(=O)NCc2cc(F)ccc2F)c1Cc1ccc(Cc2ccc[nH]c2=O)cc1. The number of ether oxygens (including phenoxy) is 1. The summed E-state index contributed by atoms with van der Waals surface area (Å²) in [5, 5.41) is 9.59. The molecule has 0 atom stereocenters. The molecular formula is C26H24F2N4O3. The lowest BCUT2D eigenvalue weighted by Gasteiger charge is -2.09. The Morgan fingerprint density at radius 3 is 2.49 bits per heavy atom. The molecule has 4 aromatic rings. The highest BCUT2D eigenvalue weighted by atomic mass is 19.1. The van der Waals surface area contributed by atoms with Gasteiger partial charge < -0.3 is 15.0 Å². The third-order valence-electron chi connectivity index (χ3n) is 5.60. The Labute approximate surface area is 200 Å². The highest BCUT2D eigenvalue weighted by Gasteiger charge is 2.20. The van der Waals surface area contributed by atoms with Crippen molar-refractivity contribution in [2.75, 3.05) is 7.11 Å². The van der Waals surface area contributed by atoms with Gasteiger partial charge in [-0.3, -0.25) is 14.7 Å². The van der Waals surface area contributed by atoms with Crippen LogP contribution in [0.4, 0.5) is 8.78 Å². The van der Waals surface area contributed by atoms with Crippen molar-refractivity contribution in [2.45, 2.75) is 26.0 Å². The summed E-state index contributed by atoms with van der Waals surface area (Å²) in [6.45, 7) is 0.0463. The molecule has 7 nitrogen and oxygen atoms in total. The number of rotatable bonds is 9. The van der Waals surface area contributed by atoms with Crippen molar-refractivity contribution in [1.82, 2.24) is 20.5 Å². The molecule has 0 aliphatic rings. The Morgan fingerprint density at radius 2 is 1.77 bits per heavy atom. The van der Waals surface area contributed by atoms with E-state index < -0.39 is 17.5 Å². The van der Waals surface area contributed by atoms with Gasteiger partial charge in [-0.25, -0.2) is 8.78 Å². The molecule has 0 aliphatic carbocycles. The lowest BCUT2D eigenvalue weighted by Crippen LogP contribution is -2.25.